The van der Waals surface area contributed by atoms with Crippen molar-refractivity contribution in [1.29, 1.82) is 10.5 Å². The number of methoxy groups -OCH3 is 2. The van der Waals surface area contributed by atoms with Crippen molar-refractivity contribution in [2.24, 2.45) is 0 Å². The lowest BCUT2D eigenvalue weighted by Crippen LogP contribution is -2.48. The lowest BCUT2D eigenvalue weighted by atomic mass is 10.1. The van der Waals surface area contributed by atoms with Crippen molar-refractivity contribution in [2.45, 2.75) is 38.8 Å². The van der Waals surface area contributed by atoms with Gasteiger partial charge in [0.2, 0.25) is 0 Å². The highest BCUT2D eigenvalue weighted by atomic mass is 16.5. The van der Waals surface area contributed by atoms with Gasteiger partial charge < -0.3 is 19.3 Å². The molecule has 0 aliphatic rings. The van der Waals surface area contributed by atoms with Crippen LogP contribution < -0.4 is 9.47 Å². The largest absolute Gasteiger partial charge is 0.497 e. The number of benzene rings is 2. The van der Waals surface area contributed by atoms with Gasteiger partial charge in [-0.3, -0.25) is 9.59 Å². The molecule has 8 nitrogen and oxygen atoms in total. The molecule has 178 valence electrons. The number of carbonyl (C=O) groups is 2. The minimum atomic E-state index is -0.672. The zero-order valence-electron chi connectivity index (χ0n) is 20.0. The predicted molar refractivity (Wildman–Crippen MR) is 127 cm³/mol. The van der Waals surface area contributed by atoms with Gasteiger partial charge in [0.05, 0.1) is 26.4 Å². The van der Waals surface area contributed by atoms with Crippen molar-refractivity contribution >= 4 is 11.8 Å². The Bertz CT molecular complexity index is 953. The minimum Gasteiger partial charge on any atom is -0.497 e. The van der Waals surface area contributed by atoms with E-state index in [0.29, 0.717) is 35.5 Å². The molecule has 2 unspecified atom stereocenters. The molecule has 0 saturated heterocycles. The Morgan fingerprint density at radius 1 is 0.735 bits per heavy atom. The summed E-state index contributed by atoms with van der Waals surface area (Å²) in [5.74, 6) is 0.591. The van der Waals surface area contributed by atoms with Crippen LogP contribution in [0, 0.1) is 22.7 Å². The number of ether oxygens (including phenoxy) is 2. The molecule has 8 heteroatoms. The third-order valence-electron chi connectivity index (χ3n) is 5.60. The Hall–Kier alpha value is -4.04. The van der Waals surface area contributed by atoms with Gasteiger partial charge in [0.25, 0.3) is 11.8 Å². The highest BCUT2D eigenvalue weighted by Crippen LogP contribution is 2.18. The molecule has 0 aromatic heterocycles. The number of amides is 2. The molecule has 0 radical (unpaired) electrons. The van der Waals surface area contributed by atoms with E-state index >= 15 is 0 Å². The van der Waals surface area contributed by atoms with Crippen molar-refractivity contribution in [3.05, 3.63) is 59.7 Å². The van der Waals surface area contributed by atoms with Gasteiger partial charge in [-0.1, -0.05) is 13.8 Å². The summed E-state index contributed by atoms with van der Waals surface area (Å²) in [7, 11) is 3.08. The maximum Gasteiger partial charge on any atom is 0.254 e. The summed E-state index contributed by atoms with van der Waals surface area (Å²) in [6.45, 7) is 3.87. The molecule has 0 bridgehead atoms. The van der Waals surface area contributed by atoms with Crippen molar-refractivity contribution in [3.8, 4) is 23.6 Å². The third-order valence-corrected chi connectivity index (χ3v) is 5.60. The highest BCUT2D eigenvalue weighted by Gasteiger charge is 2.28. The van der Waals surface area contributed by atoms with Gasteiger partial charge in [-0.2, -0.15) is 10.5 Å². The minimum absolute atomic E-state index is 0.108. The Kier molecular flexibility index (Phi) is 9.91. The van der Waals surface area contributed by atoms with Gasteiger partial charge in [0.1, 0.15) is 23.6 Å². The summed E-state index contributed by atoms with van der Waals surface area (Å²) in [5, 5.41) is 19.3. The van der Waals surface area contributed by atoms with Crippen LogP contribution in [-0.4, -0.2) is 61.0 Å². The summed E-state index contributed by atoms with van der Waals surface area (Å²) in [4.78, 5) is 29.5. The van der Waals surface area contributed by atoms with E-state index in [1.807, 2.05) is 13.8 Å². The lowest BCUT2D eigenvalue weighted by molar-refractivity contribution is 0.0602. The molecule has 0 heterocycles. The predicted octanol–water partition coefficient (Wildman–Crippen LogP) is 3.89. The molecule has 34 heavy (non-hydrogen) atoms. The van der Waals surface area contributed by atoms with Crippen molar-refractivity contribution in [1.82, 2.24) is 9.80 Å². The van der Waals surface area contributed by atoms with Crippen molar-refractivity contribution in [3.63, 3.8) is 0 Å². The molecule has 2 rings (SSSR count). The Labute approximate surface area is 200 Å². The zero-order valence-corrected chi connectivity index (χ0v) is 20.0. The summed E-state index contributed by atoms with van der Waals surface area (Å²) in [6, 6.07) is 16.3. The molecular formula is C26H30N4O4. The Morgan fingerprint density at radius 3 is 1.29 bits per heavy atom. The molecule has 0 aliphatic heterocycles. The van der Waals surface area contributed by atoms with E-state index in [4.69, 9.17) is 9.47 Å². The van der Waals surface area contributed by atoms with E-state index in [9.17, 15) is 20.1 Å². The number of rotatable bonds is 11. The first-order valence-corrected chi connectivity index (χ1v) is 11.1. The fourth-order valence-corrected chi connectivity index (χ4v) is 3.57. The fraction of sp³-hybridized carbons (Fsp3) is 0.385. The number of hydrogen-bond acceptors (Lipinski definition) is 6. The Balaban J connectivity index is 2.32. The maximum absolute atomic E-state index is 13.3. The average molecular weight is 463 g/mol. The third kappa shape index (κ3) is 6.26. The van der Waals surface area contributed by atoms with Gasteiger partial charge in [-0.25, -0.2) is 0 Å². The van der Waals surface area contributed by atoms with E-state index in [1.54, 1.807) is 62.8 Å². The molecule has 0 saturated carbocycles. The van der Waals surface area contributed by atoms with Crippen LogP contribution >= 0.6 is 0 Å². The van der Waals surface area contributed by atoms with Gasteiger partial charge >= 0.3 is 0 Å². The maximum atomic E-state index is 13.3. The SMILES string of the molecule is CCC(C#N)N(CCN(C(=O)c1ccc(OC)cc1)C(C#N)CC)C(=O)c1ccc(OC)cc1. The summed E-state index contributed by atoms with van der Waals surface area (Å²) in [6.07, 6.45) is 0.862. The number of nitrogens with zero attached hydrogens (tertiary/aromatic N) is 4. The molecule has 0 aliphatic carbocycles. The average Bonchev–Trinajstić information content (AvgIpc) is 2.89. The van der Waals surface area contributed by atoms with Gasteiger partial charge in [-0.15, -0.1) is 0 Å². The molecular weight excluding hydrogens is 432 g/mol. The van der Waals surface area contributed by atoms with E-state index < -0.39 is 12.1 Å². The second kappa shape index (κ2) is 12.9. The van der Waals surface area contributed by atoms with E-state index in [2.05, 4.69) is 12.1 Å². The molecule has 2 aromatic rings. The molecule has 2 aromatic carbocycles. The normalized spacial score (nSPS) is 11.9. The number of carbonyl (C=O) groups excluding carboxylic acids is 2. The van der Waals surface area contributed by atoms with E-state index in [1.165, 1.54) is 9.80 Å². The van der Waals surface area contributed by atoms with Gasteiger partial charge in [0.15, 0.2) is 0 Å². The monoisotopic (exact) mass is 462 g/mol. The van der Waals surface area contributed by atoms with E-state index in [0.717, 1.165) is 0 Å². The molecule has 0 fully saturated rings. The van der Waals surface area contributed by atoms with Crippen LogP contribution in [0.3, 0.4) is 0 Å². The molecule has 2 amide bonds. The van der Waals surface area contributed by atoms with Crippen molar-refractivity contribution < 1.29 is 19.1 Å². The lowest BCUT2D eigenvalue weighted by Gasteiger charge is -2.32. The summed E-state index contributed by atoms with van der Waals surface area (Å²) < 4.78 is 10.3. The zero-order chi connectivity index (χ0) is 25.1. The van der Waals surface area contributed by atoms with Gasteiger partial charge in [-0.05, 0) is 61.4 Å². The molecule has 0 spiro atoms. The topological polar surface area (TPSA) is 107 Å². The quantitative estimate of drug-likeness (QED) is 0.501. The molecule has 2 atom stereocenters. The first-order chi connectivity index (χ1) is 16.4. The van der Waals surface area contributed by atoms with Gasteiger partial charge in [0, 0.05) is 24.2 Å². The van der Waals surface area contributed by atoms with Crippen LogP contribution in [0.15, 0.2) is 48.5 Å². The van der Waals surface area contributed by atoms with Crippen LogP contribution in [0.2, 0.25) is 0 Å². The smallest absolute Gasteiger partial charge is 0.254 e. The number of nitriles is 2. The highest BCUT2D eigenvalue weighted by molar-refractivity contribution is 5.96. The van der Waals surface area contributed by atoms with Crippen LogP contribution in [0.1, 0.15) is 47.4 Å². The van der Waals surface area contributed by atoms with Crippen LogP contribution in [0.5, 0.6) is 11.5 Å². The number of hydrogen-bond donors (Lipinski definition) is 0. The van der Waals surface area contributed by atoms with E-state index in [-0.39, 0.29) is 24.9 Å². The standard InChI is InChI=1S/C26H30N4O4/c1-5-21(17-27)29(25(31)19-7-11-23(33-3)12-8-19)15-16-30(22(6-2)18-28)26(32)20-9-13-24(34-4)14-10-20/h7-14,21-22H,5-6,15-16H2,1-4H3. The summed E-state index contributed by atoms with van der Waals surface area (Å²) in [5.41, 5.74) is 0.824. The van der Waals surface area contributed by atoms with Crippen molar-refractivity contribution in [2.75, 3.05) is 27.3 Å². The second-order valence-corrected chi connectivity index (χ2v) is 7.56. The Morgan fingerprint density at radius 2 is 1.06 bits per heavy atom. The van der Waals surface area contributed by atoms with Crippen LogP contribution in [-0.2, 0) is 0 Å². The second-order valence-electron chi connectivity index (χ2n) is 7.56. The summed E-state index contributed by atoms with van der Waals surface area (Å²) >= 11 is 0. The van der Waals surface area contributed by atoms with Crippen LogP contribution in [0.25, 0.3) is 0 Å². The fourth-order valence-electron chi connectivity index (χ4n) is 3.57. The first-order valence-electron chi connectivity index (χ1n) is 11.1. The first kappa shape index (κ1) is 26.2. The van der Waals surface area contributed by atoms with Crippen LogP contribution in [0.4, 0.5) is 0 Å². The molecule has 0 N–H and O–H groups in total.